The van der Waals surface area contributed by atoms with Crippen LogP contribution in [0, 0.1) is 0 Å². The Bertz CT molecular complexity index is 617. The maximum atomic E-state index is 12.1. The zero-order chi connectivity index (χ0) is 19.9. The smallest absolute Gasteiger partial charge is 0.410 e. The molecule has 3 aliphatic rings. The number of carbonyl (C=O) groups is 2. The van der Waals surface area contributed by atoms with Crippen LogP contribution in [0.4, 0.5) is 4.79 Å². The quantitative estimate of drug-likeness (QED) is 0.411. The molecule has 0 saturated carbocycles. The molecule has 1 amide bonds. The van der Waals surface area contributed by atoms with Gasteiger partial charge in [-0.3, -0.25) is 4.90 Å². The molecule has 2 saturated heterocycles. The van der Waals surface area contributed by atoms with Crippen LogP contribution in [-0.2, 0) is 14.3 Å². The summed E-state index contributed by atoms with van der Waals surface area (Å²) >= 11 is 5.55. The van der Waals surface area contributed by atoms with Gasteiger partial charge in [-0.05, 0) is 64.1 Å². The first-order valence-electron chi connectivity index (χ1n) is 10.4. The summed E-state index contributed by atoms with van der Waals surface area (Å²) in [6.07, 6.45) is 9.56. The Morgan fingerprint density at radius 2 is 2.14 bits per heavy atom. The van der Waals surface area contributed by atoms with Gasteiger partial charge < -0.3 is 19.7 Å². The van der Waals surface area contributed by atoms with Crippen molar-refractivity contribution in [3.05, 3.63) is 11.6 Å². The van der Waals surface area contributed by atoms with Crippen molar-refractivity contribution in [2.24, 2.45) is 0 Å². The molecule has 0 aromatic heterocycles. The fourth-order valence-electron chi connectivity index (χ4n) is 4.18. The minimum absolute atomic E-state index is 0.0177. The van der Waals surface area contributed by atoms with Gasteiger partial charge in [-0.25, -0.2) is 9.59 Å². The Hall–Kier alpha value is -1.83. The lowest BCUT2D eigenvalue weighted by atomic mass is 9.97. The van der Waals surface area contributed by atoms with Crippen molar-refractivity contribution in [3.63, 3.8) is 0 Å². The van der Waals surface area contributed by atoms with E-state index in [0.717, 1.165) is 44.0 Å². The van der Waals surface area contributed by atoms with Crippen LogP contribution in [0.15, 0.2) is 11.6 Å². The lowest BCUT2D eigenvalue weighted by Gasteiger charge is -2.38. The van der Waals surface area contributed by atoms with Crippen LogP contribution in [0.2, 0.25) is 0 Å². The van der Waals surface area contributed by atoms with Crippen LogP contribution in [-0.4, -0.2) is 71.9 Å². The van der Waals surface area contributed by atoms with Gasteiger partial charge in [0.15, 0.2) is 11.2 Å². The Morgan fingerprint density at radius 3 is 2.82 bits per heavy atom. The predicted molar refractivity (Wildman–Crippen MR) is 110 cm³/mol. The van der Waals surface area contributed by atoms with Crippen LogP contribution in [0.5, 0.6) is 0 Å². The van der Waals surface area contributed by atoms with Crippen LogP contribution in [0.1, 0.15) is 51.9 Å². The lowest BCUT2D eigenvalue weighted by Crippen LogP contribution is -2.53. The molecule has 0 aromatic carbocycles. The molecule has 156 valence electrons. The normalized spacial score (nSPS) is 23.2. The average Bonchev–Trinajstić information content (AvgIpc) is 3.10. The van der Waals surface area contributed by atoms with Crippen molar-refractivity contribution in [1.82, 2.24) is 15.1 Å². The van der Waals surface area contributed by atoms with E-state index in [9.17, 15) is 9.59 Å². The van der Waals surface area contributed by atoms with Crippen molar-refractivity contribution >= 4 is 29.4 Å². The van der Waals surface area contributed by atoms with Gasteiger partial charge in [0, 0.05) is 25.7 Å². The van der Waals surface area contributed by atoms with E-state index >= 15 is 0 Å². The van der Waals surface area contributed by atoms with Crippen LogP contribution in [0.25, 0.3) is 0 Å². The number of nitrogens with zero attached hydrogens (tertiary/aromatic N) is 2. The number of esters is 1. The van der Waals surface area contributed by atoms with Crippen molar-refractivity contribution in [2.45, 2.75) is 64.0 Å². The summed E-state index contributed by atoms with van der Waals surface area (Å²) in [6, 6.07) is -0.645. The van der Waals surface area contributed by atoms with Crippen LogP contribution >= 0.6 is 12.2 Å². The first kappa shape index (κ1) is 20.9. The summed E-state index contributed by atoms with van der Waals surface area (Å²) in [5, 5.41) is 4.15. The number of piperidine rings is 1. The molecular weight excluding hydrogens is 378 g/mol. The molecule has 8 heteroatoms. The zero-order valence-electron chi connectivity index (χ0n) is 16.7. The first-order valence-corrected chi connectivity index (χ1v) is 10.8. The fraction of sp³-hybridized carbons (Fsp3) is 0.750. The summed E-state index contributed by atoms with van der Waals surface area (Å²) in [4.78, 5) is 28.0. The van der Waals surface area contributed by atoms with Gasteiger partial charge in [0.05, 0.1) is 6.61 Å². The van der Waals surface area contributed by atoms with E-state index in [-0.39, 0.29) is 18.6 Å². The van der Waals surface area contributed by atoms with Gasteiger partial charge in [-0.2, -0.15) is 0 Å². The van der Waals surface area contributed by atoms with E-state index in [1.54, 1.807) is 11.8 Å². The van der Waals surface area contributed by atoms with Crippen molar-refractivity contribution in [3.8, 4) is 0 Å². The zero-order valence-corrected chi connectivity index (χ0v) is 17.5. The number of hydrogen-bond acceptors (Lipinski definition) is 5. The number of allylic oxidation sites excluding steroid dienone is 1. The number of amides is 1. The van der Waals surface area contributed by atoms with Gasteiger partial charge in [-0.15, -0.1) is 0 Å². The molecule has 3 rings (SSSR count). The number of nitrogens with one attached hydrogen (secondary N) is 1. The molecule has 0 aromatic rings. The summed E-state index contributed by atoms with van der Waals surface area (Å²) in [6.45, 7) is 4.53. The molecule has 0 bridgehead atoms. The average molecular weight is 410 g/mol. The third kappa shape index (κ3) is 5.16. The summed E-state index contributed by atoms with van der Waals surface area (Å²) in [5.74, 6) is -0.384. The molecular formula is C20H31N3O4S. The third-order valence-corrected chi connectivity index (χ3v) is 6.12. The number of carbonyl (C=O) groups excluding carboxylic acids is 2. The maximum Gasteiger partial charge on any atom is 0.410 e. The summed E-state index contributed by atoms with van der Waals surface area (Å²) in [7, 11) is 0. The fourth-order valence-corrected chi connectivity index (χ4v) is 4.46. The van der Waals surface area contributed by atoms with Crippen molar-refractivity contribution in [2.75, 3.05) is 32.8 Å². The van der Waals surface area contributed by atoms with Crippen LogP contribution < -0.4 is 5.32 Å². The molecule has 0 radical (unpaired) electrons. The first-order chi connectivity index (χ1) is 13.6. The van der Waals surface area contributed by atoms with Gasteiger partial charge in [0.2, 0.25) is 0 Å². The molecule has 1 N–H and O–H groups in total. The minimum Gasteiger partial charge on any atom is -0.464 e. The van der Waals surface area contributed by atoms with Gasteiger partial charge in [-0.1, -0.05) is 11.6 Å². The minimum atomic E-state index is -0.627. The van der Waals surface area contributed by atoms with Gasteiger partial charge in [0.25, 0.3) is 0 Å². The van der Waals surface area contributed by atoms with Crippen molar-refractivity contribution in [1.29, 1.82) is 0 Å². The topological polar surface area (TPSA) is 71.1 Å². The highest BCUT2D eigenvalue weighted by Gasteiger charge is 2.44. The predicted octanol–water partition coefficient (Wildman–Crippen LogP) is 2.60. The van der Waals surface area contributed by atoms with Gasteiger partial charge >= 0.3 is 12.1 Å². The molecule has 1 unspecified atom stereocenters. The molecule has 2 fully saturated rings. The Labute approximate surface area is 172 Å². The van der Waals surface area contributed by atoms with E-state index < -0.39 is 12.1 Å². The molecule has 2 heterocycles. The second-order valence-electron chi connectivity index (χ2n) is 7.56. The summed E-state index contributed by atoms with van der Waals surface area (Å²) < 4.78 is 10.2. The highest BCUT2D eigenvalue weighted by Crippen LogP contribution is 2.25. The standard InChI is InChI=1S/C20H31N3O4S/c1-2-26-18(24)17-14-27-20(25)23(17)16-9-12-22(13-10-16)19(28)21-11-8-15-6-4-3-5-7-15/h6,16-17H,2-5,7-14H2,1H3,(H,21,28). The lowest BCUT2D eigenvalue weighted by molar-refractivity contribution is -0.148. The molecule has 2 aliphatic heterocycles. The third-order valence-electron chi connectivity index (χ3n) is 5.72. The van der Waals surface area contributed by atoms with E-state index in [1.807, 2.05) is 0 Å². The monoisotopic (exact) mass is 409 g/mol. The number of rotatable bonds is 6. The number of thiocarbonyl (C=S) groups is 1. The molecule has 28 heavy (non-hydrogen) atoms. The summed E-state index contributed by atoms with van der Waals surface area (Å²) in [5.41, 5.74) is 1.54. The Morgan fingerprint density at radius 1 is 1.36 bits per heavy atom. The Balaban J connectivity index is 1.44. The Kier molecular flexibility index (Phi) is 7.53. The highest BCUT2D eigenvalue weighted by atomic mass is 32.1. The molecule has 1 atom stereocenters. The van der Waals surface area contributed by atoms with Gasteiger partial charge in [0.1, 0.15) is 6.61 Å². The van der Waals surface area contributed by atoms with E-state index in [2.05, 4.69) is 16.3 Å². The maximum absolute atomic E-state index is 12.1. The second kappa shape index (κ2) is 10.1. The number of ether oxygens (including phenoxy) is 2. The van der Waals surface area contributed by atoms with E-state index in [4.69, 9.17) is 21.7 Å². The van der Waals surface area contributed by atoms with Crippen molar-refractivity contribution < 1.29 is 19.1 Å². The SMILES string of the molecule is CCOC(=O)C1COC(=O)N1C1CCN(C(=S)NCCC2=CCCCC2)CC1. The molecule has 0 spiro atoms. The van der Waals surface area contributed by atoms with E-state index in [0.29, 0.717) is 6.61 Å². The van der Waals surface area contributed by atoms with Crippen LogP contribution in [0.3, 0.4) is 0 Å². The number of cyclic esters (lactones) is 1. The number of hydrogen-bond donors (Lipinski definition) is 1. The molecule has 7 nitrogen and oxygen atoms in total. The second-order valence-corrected chi connectivity index (χ2v) is 7.95. The van der Waals surface area contributed by atoms with E-state index in [1.165, 1.54) is 31.3 Å². The largest absolute Gasteiger partial charge is 0.464 e. The molecule has 1 aliphatic carbocycles. The highest BCUT2D eigenvalue weighted by molar-refractivity contribution is 7.80. The number of likely N-dealkylation sites (tertiary alicyclic amines) is 1.